The predicted octanol–water partition coefficient (Wildman–Crippen LogP) is 5.01. The summed E-state index contributed by atoms with van der Waals surface area (Å²) in [6, 6.07) is 9.81. The highest BCUT2D eigenvalue weighted by atomic mass is 16.5. The lowest BCUT2D eigenvalue weighted by Gasteiger charge is -2.33. The number of hydrogen-bond donors (Lipinski definition) is 1. The molecule has 4 aromatic rings. The third-order valence-electron chi connectivity index (χ3n) is 7.73. The van der Waals surface area contributed by atoms with E-state index in [0.29, 0.717) is 42.4 Å². The molecule has 1 atom stereocenters. The van der Waals surface area contributed by atoms with Crippen LogP contribution in [0.3, 0.4) is 0 Å². The van der Waals surface area contributed by atoms with Gasteiger partial charge in [0.1, 0.15) is 12.1 Å². The van der Waals surface area contributed by atoms with Crippen LogP contribution in [-0.2, 0) is 17.8 Å². The first-order valence-corrected chi connectivity index (χ1v) is 13.2. The normalized spacial score (nSPS) is 18.9. The van der Waals surface area contributed by atoms with Crippen molar-refractivity contribution in [2.75, 3.05) is 5.32 Å². The Labute approximate surface area is 219 Å². The number of rotatable bonds is 5. The number of hydrogen-bond acceptors (Lipinski definition) is 6. The van der Waals surface area contributed by atoms with Crippen molar-refractivity contribution in [2.24, 2.45) is 0 Å². The van der Waals surface area contributed by atoms with E-state index in [4.69, 9.17) is 9.84 Å². The molecule has 0 spiro atoms. The number of aromatic nitrogens is 5. The van der Waals surface area contributed by atoms with E-state index < -0.39 is 0 Å². The third-order valence-corrected chi connectivity index (χ3v) is 7.73. The number of amides is 2. The van der Waals surface area contributed by atoms with Crippen molar-refractivity contribution in [2.45, 2.75) is 70.5 Å². The minimum atomic E-state index is -0.245. The van der Waals surface area contributed by atoms with Gasteiger partial charge in [-0.15, -0.1) is 0 Å². The summed E-state index contributed by atoms with van der Waals surface area (Å²) in [6.07, 6.45) is 8.58. The van der Waals surface area contributed by atoms with E-state index in [9.17, 15) is 9.59 Å². The molecule has 2 aliphatic carbocycles. The fraction of sp³-hybridized carbons (Fsp3) is 0.393. The Morgan fingerprint density at radius 1 is 1.08 bits per heavy atom. The molecule has 4 heterocycles. The van der Waals surface area contributed by atoms with Crippen LogP contribution >= 0.6 is 0 Å². The zero-order valence-corrected chi connectivity index (χ0v) is 21.4. The zero-order chi connectivity index (χ0) is 26.0. The Hall–Kier alpha value is -4.21. The van der Waals surface area contributed by atoms with Crippen LogP contribution in [0.2, 0.25) is 0 Å². The molecule has 2 amide bonds. The van der Waals surface area contributed by atoms with Gasteiger partial charge in [0.05, 0.1) is 23.8 Å². The van der Waals surface area contributed by atoms with Gasteiger partial charge < -0.3 is 9.64 Å². The smallest absolute Gasteiger partial charge is 0.331 e. The number of benzene rings is 1. The summed E-state index contributed by atoms with van der Waals surface area (Å²) < 4.78 is 9.90. The average molecular weight is 512 g/mol. The maximum absolute atomic E-state index is 13.1. The molecular formula is C28H29N7O3. The van der Waals surface area contributed by atoms with Crippen LogP contribution in [0.1, 0.15) is 68.4 Å². The molecule has 3 aromatic heterocycles. The second kappa shape index (κ2) is 8.68. The van der Waals surface area contributed by atoms with E-state index in [1.807, 2.05) is 42.2 Å². The molecular weight excluding hydrogens is 482 g/mol. The van der Waals surface area contributed by atoms with Crippen molar-refractivity contribution in [3.63, 3.8) is 0 Å². The van der Waals surface area contributed by atoms with E-state index in [2.05, 4.69) is 20.0 Å². The van der Waals surface area contributed by atoms with Crippen molar-refractivity contribution >= 4 is 28.7 Å². The van der Waals surface area contributed by atoms with Gasteiger partial charge in [-0.1, -0.05) is 0 Å². The predicted molar refractivity (Wildman–Crippen MR) is 140 cm³/mol. The molecule has 10 nitrogen and oxygen atoms in total. The standard InChI is InChI=1S/C28H29N7O3/c1-16-11-22-23(14-34(16)17(2)36)29-15-30-27(22)38-21-7-8-24-19(12-21)9-10-33(24)28(37)31-26-13-25(18-3-4-18)35(32-26)20-5-6-20/h7-10,12-13,15-16,18,20H,3-6,11,14H2,1-2H3,(H,31,32,37). The van der Waals surface area contributed by atoms with Crippen molar-refractivity contribution in [3.8, 4) is 11.6 Å². The van der Waals surface area contributed by atoms with E-state index in [1.54, 1.807) is 17.7 Å². The van der Waals surface area contributed by atoms with Crippen LogP contribution in [0.5, 0.6) is 11.6 Å². The summed E-state index contributed by atoms with van der Waals surface area (Å²) in [5, 5.41) is 8.55. The Bertz CT molecular complexity index is 1550. The molecule has 38 heavy (non-hydrogen) atoms. The molecule has 2 fully saturated rings. The SMILES string of the molecule is CC(=O)N1Cc2ncnc(Oc3ccc4c(ccn4C(=O)Nc4cc(C5CC5)n(C5CC5)n4)c3)c2CC1C. The molecule has 1 aromatic carbocycles. The van der Waals surface area contributed by atoms with Gasteiger partial charge in [0.2, 0.25) is 11.8 Å². The van der Waals surface area contributed by atoms with Crippen molar-refractivity contribution in [1.82, 2.24) is 29.2 Å². The minimum Gasteiger partial charge on any atom is -0.439 e. The first kappa shape index (κ1) is 22.9. The van der Waals surface area contributed by atoms with E-state index in [0.717, 1.165) is 35.0 Å². The van der Waals surface area contributed by atoms with Gasteiger partial charge in [-0.2, -0.15) is 5.10 Å². The lowest BCUT2D eigenvalue weighted by molar-refractivity contribution is -0.132. The molecule has 1 unspecified atom stereocenters. The van der Waals surface area contributed by atoms with E-state index in [-0.39, 0.29) is 18.0 Å². The molecule has 1 aliphatic heterocycles. The molecule has 0 bridgehead atoms. The van der Waals surface area contributed by atoms with Crippen LogP contribution < -0.4 is 10.1 Å². The second-order valence-electron chi connectivity index (χ2n) is 10.6. The van der Waals surface area contributed by atoms with Gasteiger partial charge in [-0.25, -0.2) is 14.8 Å². The lowest BCUT2D eigenvalue weighted by Crippen LogP contribution is -2.41. The summed E-state index contributed by atoms with van der Waals surface area (Å²) in [6.45, 7) is 4.04. The van der Waals surface area contributed by atoms with Crippen LogP contribution in [0.25, 0.3) is 10.9 Å². The molecule has 3 aliphatic rings. The maximum Gasteiger partial charge on any atom is 0.331 e. The Morgan fingerprint density at radius 3 is 2.68 bits per heavy atom. The van der Waals surface area contributed by atoms with Crippen LogP contribution in [-0.4, -0.2) is 47.2 Å². The van der Waals surface area contributed by atoms with Gasteiger partial charge in [0, 0.05) is 47.8 Å². The number of carbonyl (C=O) groups is 2. The highest BCUT2D eigenvalue weighted by molar-refractivity contribution is 5.98. The van der Waals surface area contributed by atoms with Crippen LogP contribution in [0.4, 0.5) is 10.6 Å². The van der Waals surface area contributed by atoms with Crippen LogP contribution in [0, 0.1) is 0 Å². The first-order chi connectivity index (χ1) is 18.4. The molecule has 7 rings (SSSR count). The summed E-state index contributed by atoms with van der Waals surface area (Å²) in [5.41, 5.74) is 3.75. The summed E-state index contributed by atoms with van der Waals surface area (Å²) >= 11 is 0. The number of fused-ring (bicyclic) bond motifs is 2. The number of anilines is 1. The van der Waals surface area contributed by atoms with Gasteiger partial charge in [-0.05, 0) is 63.3 Å². The largest absolute Gasteiger partial charge is 0.439 e. The van der Waals surface area contributed by atoms with Crippen molar-refractivity contribution < 1.29 is 14.3 Å². The minimum absolute atomic E-state index is 0.0304. The molecule has 194 valence electrons. The first-order valence-electron chi connectivity index (χ1n) is 13.2. The second-order valence-corrected chi connectivity index (χ2v) is 10.6. The summed E-state index contributed by atoms with van der Waals surface area (Å²) in [4.78, 5) is 35.7. The monoisotopic (exact) mass is 511 g/mol. The van der Waals surface area contributed by atoms with Crippen molar-refractivity contribution in [3.05, 3.63) is 59.8 Å². The zero-order valence-electron chi connectivity index (χ0n) is 21.4. The molecule has 10 heteroatoms. The van der Waals surface area contributed by atoms with Gasteiger partial charge in [-0.3, -0.25) is 19.4 Å². The average Bonchev–Trinajstić information content (AvgIpc) is 3.83. The van der Waals surface area contributed by atoms with Crippen molar-refractivity contribution in [1.29, 1.82) is 0 Å². The van der Waals surface area contributed by atoms with Gasteiger partial charge in [0.15, 0.2) is 5.82 Å². The fourth-order valence-corrected chi connectivity index (χ4v) is 5.41. The molecule has 0 radical (unpaired) electrons. The molecule has 0 saturated heterocycles. The number of carbonyl (C=O) groups excluding carboxylic acids is 2. The maximum atomic E-state index is 13.1. The Kier molecular flexibility index (Phi) is 5.24. The van der Waals surface area contributed by atoms with Gasteiger partial charge in [0.25, 0.3) is 0 Å². The van der Waals surface area contributed by atoms with Crippen LogP contribution in [0.15, 0.2) is 42.9 Å². The lowest BCUT2D eigenvalue weighted by atomic mass is 9.99. The summed E-state index contributed by atoms with van der Waals surface area (Å²) in [7, 11) is 0. The van der Waals surface area contributed by atoms with Gasteiger partial charge >= 0.3 is 6.03 Å². The highest BCUT2D eigenvalue weighted by Gasteiger charge is 2.34. The molecule has 1 N–H and O–H groups in total. The van der Waals surface area contributed by atoms with E-state index in [1.165, 1.54) is 24.9 Å². The van der Waals surface area contributed by atoms with E-state index >= 15 is 0 Å². The number of nitrogens with one attached hydrogen (secondary N) is 1. The fourth-order valence-electron chi connectivity index (χ4n) is 5.41. The Balaban J connectivity index is 1.11. The quantitative estimate of drug-likeness (QED) is 0.404. The molecule has 2 saturated carbocycles. The summed E-state index contributed by atoms with van der Waals surface area (Å²) in [5.74, 6) is 2.34. The number of ether oxygens (including phenoxy) is 1. The Morgan fingerprint density at radius 2 is 1.92 bits per heavy atom. The number of nitrogens with zero attached hydrogens (tertiary/aromatic N) is 6. The third kappa shape index (κ3) is 4.09. The topological polar surface area (TPSA) is 107 Å². The highest BCUT2D eigenvalue weighted by Crippen LogP contribution is 2.45.